The third kappa shape index (κ3) is 5.38. The Labute approximate surface area is 110 Å². The van der Waals surface area contributed by atoms with Crippen LogP contribution in [0.5, 0.6) is 0 Å². The van der Waals surface area contributed by atoms with Crippen LogP contribution in [0.2, 0.25) is 0 Å². The third-order valence-electron chi connectivity index (χ3n) is 3.03. The maximum atomic E-state index is 10.9. The van der Waals surface area contributed by atoms with Crippen LogP contribution in [0.15, 0.2) is 4.99 Å². The van der Waals surface area contributed by atoms with E-state index in [2.05, 4.69) is 15.2 Å². The van der Waals surface area contributed by atoms with E-state index in [1.54, 1.807) is 6.92 Å². The average molecular weight is 254 g/mol. The number of nitrogens with two attached hydrogens (primary N) is 1. The molecule has 1 aliphatic heterocycles. The number of amides is 1. The van der Waals surface area contributed by atoms with Crippen LogP contribution in [-0.2, 0) is 4.79 Å². The number of aliphatic imine (C=N–C) groups is 1. The molecule has 0 saturated carbocycles. The number of nitrogens with zero attached hydrogens (tertiary/aromatic N) is 2. The molecule has 3 N–H and O–H groups in total. The van der Waals surface area contributed by atoms with Gasteiger partial charge in [-0.3, -0.25) is 4.79 Å². The smallest absolute Gasteiger partial charge is 0.216 e. The van der Waals surface area contributed by atoms with Crippen LogP contribution in [-0.4, -0.2) is 41.9 Å². The largest absolute Gasteiger partial charge is 0.370 e. The topological polar surface area (TPSA) is 70.7 Å². The normalized spacial score (nSPS) is 18.9. The van der Waals surface area contributed by atoms with Gasteiger partial charge in [-0.25, -0.2) is 4.99 Å². The molecule has 0 aromatic carbocycles. The number of hydrogen-bond donors (Lipinski definition) is 2. The molecule has 1 rings (SSSR count). The fourth-order valence-corrected chi connectivity index (χ4v) is 2.07. The molecule has 104 valence electrons. The van der Waals surface area contributed by atoms with Crippen LogP contribution >= 0.6 is 0 Å². The van der Waals surface area contributed by atoms with Gasteiger partial charge in [-0.2, -0.15) is 0 Å². The second-order valence-corrected chi connectivity index (χ2v) is 6.01. The van der Waals surface area contributed by atoms with Crippen molar-refractivity contribution in [1.82, 2.24) is 10.2 Å². The van der Waals surface area contributed by atoms with Crippen molar-refractivity contribution in [3.8, 4) is 0 Å². The number of carbonyl (C=O) groups is 1. The Hall–Kier alpha value is -1.26. The average Bonchev–Trinajstić information content (AvgIpc) is 2.24. The van der Waals surface area contributed by atoms with Crippen LogP contribution < -0.4 is 11.1 Å². The highest BCUT2D eigenvalue weighted by atomic mass is 16.1. The Morgan fingerprint density at radius 3 is 2.39 bits per heavy atom. The lowest BCUT2D eigenvalue weighted by Gasteiger charge is -2.33. The molecule has 0 aromatic rings. The quantitative estimate of drug-likeness (QED) is 0.569. The third-order valence-corrected chi connectivity index (χ3v) is 3.03. The van der Waals surface area contributed by atoms with Gasteiger partial charge in [0, 0.05) is 26.6 Å². The molecule has 0 spiro atoms. The Kier molecular flexibility index (Phi) is 4.99. The lowest BCUT2D eigenvalue weighted by molar-refractivity contribution is -0.119. The Morgan fingerprint density at radius 1 is 1.39 bits per heavy atom. The monoisotopic (exact) mass is 254 g/mol. The minimum atomic E-state index is -0.128. The predicted molar refractivity (Wildman–Crippen MR) is 74.4 cm³/mol. The molecule has 0 aromatic heterocycles. The van der Waals surface area contributed by atoms with Crippen molar-refractivity contribution in [3.05, 3.63) is 0 Å². The van der Waals surface area contributed by atoms with Crippen molar-refractivity contribution < 1.29 is 4.79 Å². The first kappa shape index (κ1) is 14.8. The van der Waals surface area contributed by atoms with Crippen LogP contribution in [0, 0.1) is 5.92 Å². The molecule has 0 atom stereocenters. The van der Waals surface area contributed by atoms with Gasteiger partial charge in [0.1, 0.15) is 0 Å². The number of likely N-dealkylation sites (tertiary alicyclic amines) is 1. The molecule has 5 nitrogen and oxygen atoms in total. The van der Waals surface area contributed by atoms with Gasteiger partial charge < -0.3 is 16.0 Å². The van der Waals surface area contributed by atoms with E-state index in [0.29, 0.717) is 11.9 Å². The van der Waals surface area contributed by atoms with Gasteiger partial charge in [-0.15, -0.1) is 0 Å². The number of nitrogens with one attached hydrogen (secondary N) is 1. The highest BCUT2D eigenvalue weighted by molar-refractivity contribution is 5.78. The van der Waals surface area contributed by atoms with Gasteiger partial charge in [-0.1, -0.05) is 0 Å². The van der Waals surface area contributed by atoms with Crippen LogP contribution in [0.1, 0.15) is 40.5 Å². The van der Waals surface area contributed by atoms with Gasteiger partial charge in [-0.05, 0) is 39.5 Å². The molecule has 0 bridgehead atoms. The molecule has 5 heteroatoms. The molecule has 0 radical (unpaired) electrons. The number of guanidine groups is 1. The molecular weight excluding hydrogens is 228 g/mol. The van der Waals surface area contributed by atoms with E-state index >= 15 is 0 Å². The predicted octanol–water partition coefficient (Wildman–Crippen LogP) is 0.948. The van der Waals surface area contributed by atoms with E-state index in [1.807, 2.05) is 20.8 Å². The van der Waals surface area contributed by atoms with Crippen LogP contribution in [0.25, 0.3) is 0 Å². The lowest BCUT2D eigenvalue weighted by Crippen LogP contribution is -2.45. The molecule has 1 saturated heterocycles. The van der Waals surface area contributed by atoms with Crippen molar-refractivity contribution >= 4 is 11.9 Å². The highest BCUT2D eigenvalue weighted by Gasteiger charge is 2.21. The molecule has 0 aliphatic carbocycles. The first-order valence-electron chi connectivity index (χ1n) is 6.62. The maximum absolute atomic E-state index is 10.9. The summed E-state index contributed by atoms with van der Waals surface area (Å²) in [6.45, 7) is 10.3. The number of hydrogen-bond acceptors (Lipinski definition) is 2. The zero-order valence-corrected chi connectivity index (χ0v) is 12.0. The first-order valence-corrected chi connectivity index (χ1v) is 6.62. The minimum absolute atomic E-state index is 0.0474. The molecule has 18 heavy (non-hydrogen) atoms. The summed E-state index contributed by atoms with van der Waals surface area (Å²) in [5.74, 6) is 1.25. The summed E-state index contributed by atoms with van der Waals surface area (Å²) in [5, 5.41) is 2.88. The Balaban J connectivity index is 2.39. The molecule has 1 aliphatic rings. The highest BCUT2D eigenvalue weighted by Crippen LogP contribution is 2.17. The van der Waals surface area contributed by atoms with E-state index in [-0.39, 0.29) is 11.4 Å². The van der Waals surface area contributed by atoms with Crippen molar-refractivity contribution in [2.45, 2.75) is 46.1 Å². The zero-order valence-electron chi connectivity index (χ0n) is 12.0. The number of piperidine rings is 1. The second kappa shape index (κ2) is 6.07. The van der Waals surface area contributed by atoms with Gasteiger partial charge in [0.05, 0.1) is 5.54 Å². The van der Waals surface area contributed by atoms with E-state index in [0.717, 1.165) is 32.5 Å². The van der Waals surface area contributed by atoms with Crippen molar-refractivity contribution in [2.24, 2.45) is 16.6 Å². The SMILES string of the molecule is CC(=O)NCC1CCN(C(N)=NC(C)(C)C)CC1. The van der Waals surface area contributed by atoms with Crippen LogP contribution in [0.4, 0.5) is 0 Å². The molecule has 1 fully saturated rings. The second-order valence-electron chi connectivity index (χ2n) is 6.01. The van der Waals surface area contributed by atoms with Gasteiger partial charge in [0.15, 0.2) is 5.96 Å². The fraction of sp³-hybridized carbons (Fsp3) is 0.846. The minimum Gasteiger partial charge on any atom is -0.370 e. The number of carbonyl (C=O) groups excluding carboxylic acids is 1. The Morgan fingerprint density at radius 2 is 1.94 bits per heavy atom. The lowest BCUT2D eigenvalue weighted by atomic mass is 9.97. The van der Waals surface area contributed by atoms with E-state index in [4.69, 9.17) is 5.73 Å². The van der Waals surface area contributed by atoms with Crippen molar-refractivity contribution in [1.29, 1.82) is 0 Å². The molecule has 1 amide bonds. The molecule has 0 unspecified atom stereocenters. The fourth-order valence-electron chi connectivity index (χ4n) is 2.07. The summed E-state index contributed by atoms with van der Waals surface area (Å²) in [6.07, 6.45) is 2.11. The summed E-state index contributed by atoms with van der Waals surface area (Å²) >= 11 is 0. The van der Waals surface area contributed by atoms with Crippen molar-refractivity contribution in [3.63, 3.8) is 0 Å². The summed E-state index contributed by atoms with van der Waals surface area (Å²) in [4.78, 5) is 17.5. The zero-order chi connectivity index (χ0) is 13.8. The molecule has 1 heterocycles. The summed E-state index contributed by atoms with van der Waals surface area (Å²) < 4.78 is 0. The van der Waals surface area contributed by atoms with Gasteiger partial charge in [0.25, 0.3) is 0 Å². The summed E-state index contributed by atoms with van der Waals surface area (Å²) in [5.41, 5.74) is 5.88. The number of rotatable bonds is 2. The standard InChI is InChI=1S/C13H26N4O/c1-10(18)15-9-11-5-7-17(8-6-11)12(14)16-13(2,3)4/h11H,5-9H2,1-4H3,(H2,14,16)(H,15,18). The van der Waals surface area contributed by atoms with Gasteiger partial charge >= 0.3 is 0 Å². The van der Waals surface area contributed by atoms with Crippen LogP contribution in [0.3, 0.4) is 0 Å². The van der Waals surface area contributed by atoms with Crippen molar-refractivity contribution in [2.75, 3.05) is 19.6 Å². The van der Waals surface area contributed by atoms with E-state index < -0.39 is 0 Å². The van der Waals surface area contributed by atoms with Gasteiger partial charge in [0.2, 0.25) is 5.91 Å². The maximum Gasteiger partial charge on any atom is 0.216 e. The first-order chi connectivity index (χ1) is 8.28. The summed E-state index contributed by atoms with van der Waals surface area (Å²) in [7, 11) is 0. The summed E-state index contributed by atoms with van der Waals surface area (Å²) in [6, 6.07) is 0. The van der Waals surface area contributed by atoms with E-state index in [1.165, 1.54) is 0 Å². The molecular formula is C13H26N4O. The Bertz CT molecular complexity index is 311. The van der Waals surface area contributed by atoms with E-state index in [9.17, 15) is 4.79 Å².